The number of carbonyl (C=O) groups excluding carboxylic acids is 2. The number of nitrogens with zero attached hydrogens (tertiary/aromatic N) is 5. The number of nitrogens with two attached hydrogens (primary N) is 1. The Labute approximate surface area is 233 Å². The molecule has 4 heterocycles. The van der Waals surface area contributed by atoms with Gasteiger partial charge in [0.15, 0.2) is 0 Å². The average molecular weight is 538 g/mol. The van der Waals surface area contributed by atoms with Crippen LogP contribution in [0.5, 0.6) is 0 Å². The molecule has 1 saturated heterocycles. The van der Waals surface area contributed by atoms with Crippen LogP contribution in [0.4, 0.5) is 11.6 Å². The number of amides is 2. The first-order valence-electron chi connectivity index (χ1n) is 14.5. The Morgan fingerprint density at radius 2 is 1.98 bits per heavy atom. The molecule has 0 radical (unpaired) electrons. The van der Waals surface area contributed by atoms with Crippen molar-refractivity contribution < 1.29 is 9.59 Å². The van der Waals surface area contributed by atoms with Crippen LogP contribution >= 0.6 is 0 Å². The summed E-state index contributed by atoms with van der Waals surface area (Å²) >= 11 is 0. The first-order chi connectivity index (χ1) is 19.5. The Hall–Kier alpha value is -4.01. The minimum atomic E-state index is -0.163. The number of fused-ring (bicyclic) bond motifs is 1. The van der Waals surface area contributed by atoms with Gasteiger partial charge in [-0.3, -0.25) is 14.0 Å². The maximum Gasteiger partial charge on any atom is 0.256 e. The molecule has 3 aliphatic carbocycles. The van der Waals surface area contributed by atoms with Gasteiger partial charge in [-0.1, -0.05) is 25.2 Å². The highest BCUT2D eigenvalue weighted by Crippen LogP contribution is 2.42. The molecule has 0 bridgehead atoms. The molecule has 7 rings (SSSR count). The highest BCUT2D eigenvalue weighted by Gasteiger charge is 2.43. The molecule has 0 aromatic carbocycles. The van der Waals surface area contributed by atoms with Crippen LogP contribution in [0.3, 0.4) is 0 Å². The van der Waals surface area contributed by atoms with Crippen LogP contribution in [-0.2, 0) is 9.59 Å². The molecule has 206 valence electrons. The van der Waals surface area contributed by atoms with Crippen molar-refractivity contribution in [3.63, 3.8) is 0 Å². The second-order valence-corrected chi connectivity index (χ2v) is 11.9. The number of hydrogen-bond acceptors (Lipinski definition) is 6. The van der Waals surface area contributed by atoms with Gasteiger partial charge in [-0.15, -0.1) is 0 Å². The molecule has 4 unspecified atom stereocenters. The van der Waals surface area contributed by atoms with Crippen molar-refractivity contribution in [3.05, 3.63) is 71.6 Å². The van der Waals surface area contributed by atoms with Crippen molar-refractivity contribution >= 4 is 29.0 Å². The summed E-state index contributed by atoms with van der Waals surface area (Å²) in [5.41, 5.74) is 9.93. The molecule has 40 heavy (non-hydrogen) atoms. The fourth-order valence-corrected chi connectivity index (χ4v) is 6.32. The number of rotatable bonds is 6. The average Bonchev–Trinajstić information content (AvgIpc) is 3.91. The normalized spacial score (nSPS) is 26.0. The van der Waals surface area contributed by atoms with Crippen molar-refractivity contribution in [2.24, 2.45) is 11.8 Å². The summed E-state index contributed by atoms with van der Waals surface area (Å²) in [5, 5.41) is 2.95. The summed E-state index contributed by atoms with van der Waals surface area (Å²) in [5.74, 6) is 3.49. The van der Waals surface area contributed by atoms with E-state index in [0.717, 1.165) is 42.8 Å². The number of allylic oxidation sites excluding steroid dienone is 2. The van der Waals surface area contributed by atoms with E-state index in [2.05, 4.69) is 26.6 Å². The summed E-state index contributed by atoms with van der Waals surface area (Å²) < 4.78 is 2.06. The molecule has 9 nitrogen and oxygen atoms in total. The van der Waals surface area contributed by atoms with Crippen LogP contribution in [0, 0.1) is 11.8 Å². The van der Waals surface area contributed by atoms with Gasteiger partial charge in [0.05, 0.1) is 5.69 Å². The van der Waals surface area contributed by atoms with Gasteiger partial charge in [0.2, 0.25) is 5.91 Å². The fraction of sp³-hybridized carbons (Fsp3) is 0.452. The van der Waals surface area contributed by atoms with Gasteiger partial charge in [-0.05, 0) is 68.1 Å². The van der Waals surface area contributed by atoms with Gasteiger partial charge in [0.1, 0.15) is 23.0 Å². The zero-order valence-corrected chi connectivity index (χ0v) is 22.8. The number of carbonyl (C=O) groups is 2. The molecule has 2 amide bonds. The van der Waals surface area contributed by atoms with Crippen LogP contribution in [0.15, 0.2) is 54.5 Å². The Bertz CT molecular complexity index is 1550. The van der Waals surface area contributed by atoms with Gasteiger partial charge in [-0.2, -0.15) is 0 Å². The van der Waals surface area contributed by atoms with E-state index in [4.69, 9.17) is 10.7 Å². The molecule has 2 saturated carbocycles. The smallest absolute Gasteiger partial charge is 0.256 e. The first-order valence-corrected chi connectivity index (χ1v) is 14.5. The third-order valence-electron chi connectivity index (χ3n) is 8.95. The van der Waals surface area contributed by atoms with Gasteiger partial charge in [0, 0.05) is 55.0 Å². The lowest BCUT2D eigenvalue weighted by atomic mass is 9.93. The molecule has 1 aliphatic heterocycles. The minimum Gasteiger partial charge on any atom is -0.382 e. The van der Waals surface area contributed by atoms with Gasteiger partial charge < -0.3 is 16.0 Å². The number of likely N-dealkylation sites (tertiary alicyclic amines) is 1. The topological polar surface area (TPSA) is 119 Å². The van der Waals surface area contributed by atoms with Crippen molar-refractivity contribution in [3.8, 4) is 0 Å². The van der Waals surface area contributed by atoms with Crippen LogP contribution < -0.4 is 11.1 Å². The van der Waals surface area contributed by atoms with Crippen LogP contribution in [0.2, 0.25) is 0 Å². The van der Waals surface area contributed by atoms with Crippen molar-refractivity contribution in [1.82, 2.24) is 24.3 Å². The Morgan fingerprint density at radius 1 is 1.12 bits per heavy atom. The number of hydrogen-bond donors (Lipinski definition) is 2. The third kappa shape index (κ3) is 4.67. The lowest BCUT2D eigenvalue weighted by molar-refractivity contribution is -0.134. The molecule has 0 spiro atoms. The number of nitrogen functional groups attached to an aromatic ring is 1. The highest BCUT2D eigenvalue weighted by atomic mass is 16.2. The summed E-state index contributed by atoms with van der Waals surface area (Å²) in [6.45, 7) is 3.65. The predicted molar refractivity (Wildman–Crippen MR) is 153 cm³/mol. The Kier molecular flexibility index (Phi) is 6.17. The monoisotopic (exact) mass is 537 g/mol. The fourth-order valence-electron chi connectivity index (χ4n) is 6.32. The molecule has 4 atom stereocenters. The quantitative estimate of drug-likeness (QED) is 0.476. The third-order valence-corrected chi connectivity index (χ3v) is 8.95. The standard InChI is InChI=1S/C31H35N7O2/c1-18-15-24(18)31(40)37-13-2-3-23(17-37)29-36-26(27-28(32)34-12-14-38(27)29)20-6-8-21(9-7-20)30(39)35-25-16-22(10-11-33-25)19-4-5-19/h6,8-12,14,16,18-20,23-24H,2-5,7,13,15,17H2,1H3,(H2,32,34)(H,33,35,39). The maximum absolute atomic E-state index is 13.0. The lowest BCUT2D eigenvalue weighted by Gasteiger charge is -2.32. The summed E-state index contributed by atoms with van der Waals surface area (Å²) in [7, 11) is 0. The number of pyridine rings is 1. The molecule has 9 heteroatoms. The van der Waals surface area contributed by atoms with E-state index in [1.165, 1.54) is 18.4 Å². The number of nitrogens with one attached hydrogen (secondary N) is 1. The van der Waals surface area contributed by atoms with Gasteiger partial charge >= 0.3 is 0 Å². The Morgan fingerprint density at radius 3 is 2.73 bits per heavy atom. The zero-order chi connectivity index (χ0) is 27.4. The van der Waals surface area contributed by atoms with Crippen LogP contribution in [-0.4, -0.2) is 49.2 Å². The van der Waals surface area contributed by atoms with Crippen molar-refractivity contribution in [2.75, 3.05) is 24.1 Å². The second-order valence-electron chi connectivity index (χ2n) is 11.9. The van der Waals surface area contributed by atoms with Crippen molar-refractivity contribution in [1.29, 1.82) is 0 Å². The van der Waals surface area contributed by atoms with Crippen molar-refractivity contribution in [2.45, 2.75) is 63.2 Å². The SMILES string of the molecule is CC1CC1C(=O)N1CCCC(c2nc(C3C=CC(C(=O)Nc4cc(C5CC5)ccn4)=CC3)c3c(N)nccn23)C1. The van der Waals surface area contributed by atoms with E-state index in [0.29, 0.717) is 47.9 Å². The van der Waals surface area contributed by atoms with E-state index in [1.54, 1.807) is 12.4 Å². The van der Waals surface area contributed by atoms with E-state index in [9.17, 15) is 9.59 Å². The van der Waals surface area contributed by atoms with Crippen LogP contribution in [0.1, 0.15) is 80.3 Å². The summed E-state index contributed by atoms with van der Waals surface area (Å²) in [6.07, 6.45) is 17.2. The highest BCUT2D eigenvalue weighted by molar-refractivity contribution is 6.05. The first kappa shape index (κ1) is 25.0. The van der Waals surface area contributed by atoms with Crippen LogP contribution in [0.25, 0.3) is 5.52 Å². The molecule has 3 N–H and O–H groups in total. The predicted octanol–water partition coefficient (Wildman–Crippen LogP) is 4.55. The second kappa shape index (κ2) is 9.87. The minimum absolute atomic E-state index is 0.0308. The number of aromatic nitrogens is 4. The lowest BCUT2D eigenvalue weighted by Crippen LogP contribution is -2.40. The maximum atomic E-state index is 13.0. The molecular formula is C31H35N7O2. The largest absolute Gasteiger partial charge is 0.382 e. The number of piperidine rings is 1. The van der Waals surface area contributed by atoms with E-state index in [-0.39, 0.29) is 23.7 Å². The molecule has 3 aromatic heterocycles. The van der Waals surface area contributed by atoms with Gasteiger partial charge in [0.25, 0.3) is 5.91 Å². The number of imidazole rings is 1. The van der Waals surface area contributed by atoms with E-state index >= 15 is 0 Å². The Balaban J connectivity index is 1.10. The molecule has 4 aliphatic rings. The summed E-state index contributed by atoms with van der Waals surface area (Å²) in [6, 6.07) is 4.00. The molecule has 3 fully saturated rings. The summed E-state index contributed by atoms with van der Waals surface area (Å²) in [4.78, 5) is 41.9. The molecular weight excluding hydrogens is 502 g/mol. The van der Waals surface area contributed by atoms with Gasteiger partial charge in [-0.25, -0.2) is 15.0 Å². The van der Waals surface area contributed by atoms with E-state index in [1.807, 2.05) is 41.5 Å². The zero-order valence-electron chi connectivity index (χ0n) is 22.8. The number of anilines is 2. The molecule has 3 aromatic rings. The van der Waals surface area contributed by atoms with E-state index < -0.39 is 0 Å².